The summed E-state index contributed by atoms with van der Waals surface area (Å²) in [7, 11) is 0. The third-order valence-electron chi connectivity index (χ3n) is 2.87. The van der Waals surface area contributed by atoms with Crippen LogP contribution >= 0.6 is 11.6 Å². The number of carbonyl (C=O) groups excluding carboxylic acids is 1. The average molecular weight is 300 g/mol. The van der Waals surface area contributed by atoms with Gasteiger partial charge < -0.3 is 10.1 Å². The monoisotopic (exact) mass is 299 g/mol. The number of benzene rings is 1. The van der Waals surface area contributed by atoms with Crippen LogP contribution in [0.5, 0.6) is 0 Å². The number of hydrogen-bond acceptors (Lipinski definition) is 3. The maximum atomic E-state index is 13.4. The molecule has 5 nitrogen and oxygen atoms in total. The topological polar surface area (TPSA) is 56.2 Å². The molecule has 1 aliphatic heterocycles. The molecule has 1 fully saturated rings. The van der Waals surface area contributed by atoms with Gasteiger partial charge in [0.25, 0.3) is 0 Å². The van der Waals surface area contributed by atoms with E-state index < -0.39 is 23.9 Å². The molecule has 0 bridgehead atoms. The first kappa shape index (κ1) is 12.9. The van der Waals surface area contributed by atoms with Crippen molar-refractivity contribution in [3.63, 3.8) is 0 Å². The predicted molar refractivity (Wildman–Crippen MR) is 65.7 cm³/mol. The molecule has 104 valence electrons. The van der Waals surface area contributed by atoms with Crippen molar-refractivity contribution >= 4 is 17.7 Å². The molecule has 0 aliphatic carbocycles. The minimum atomic E-state index is -0.721. The highest BCUT2D eigenvalue weighted by molar-refractivity contribution is 6.30. The lowest BCUT2D eigenvalue weighted by Crippen LogP contribution is -2.21. The Morgan fingerprint density at radius 1 is 1.45 bits per heavy atom. The first-order chi connectivity index (χ1) is 9.54. The number of amides is 1. The molecule has 1 atom stereocenters. The van der Waals surface area contributed by atoms with Crippen LogP contribution in [-0.2, 0) is 4.74 Å². The number of halogens is 3. The highest BCUT2D eigenvalue weighted by Crippen LogP contribution is 2.24. The van der Waals surface area contributed by atoms with Gasteiger partial charge >= 0.3 is 6.09 Å². The summed E-state index contributed by atoms with van der Waals surface area (Å²) >= 11 is 5.71. The second kappa shape index (κ2) is 4.75. The third kappa shape index (κ3) is 2.20. The van der Waals surface area contributed by atoms with Crippen molar-refractivity contribution in [3.05, 3.63) is 47.0 Å². The molecule has 0 saturated carbocycles. The summed E-state index contributed by atoms with van der Waals surface area (Å²) in [6.45, 7) is 0.0458. The molecule has 0 radical (unpaired) electrons. The van der Waals surface area contributed by atoms with E-state index in [1.165, 1.54) is 22.8 Å². The maximum absolute atomic E-state index is 13.4. The van der Waals surface area contributed by atoms with Gasteiger partial charge in [0.15, 0.2) is 0 Å². The number of imidazole rings is 1. The maximum Gasteiger partial charge on any atom is 0.407 e. The zero-order valence-corrected chi connectivity index (χ0v) is 10.7. The molecule has 1 aromatic carbocycles. The lowest BCUT2D eigenvalue weighted by Gasteiger charge is -2.11. The third-order valence-corrected chi connectivity index (χ3v) is 3.16. The summed E-state index contributed by atoms with van der Waals surface area (Å²) < 4.78 is 32.7. The van der Waals surface area contributed by atoms with E-state index >= 15 is 0 Å². The van der Waals surface area contributed by atoms with E-state index in [1.807, 2.05) is 0 Å². The number of hydrogen-bond donors (Lipinski definition) is 1. The molecule has 1 aliphatic rings. The van der Waals surface area contributed by atoms with Crippen molar-refractivity contribution in [2.45, 2.75) is 6.04 Å². The summed E-state index contributed by atoms with van der Waals surface area (Å²) in [5.41, 5.74) is 0.434. The minimum absolute atomic E-state index is 0.0458. The second-order valence-electron chi connectivity index (χ2n) is 4.19. The zero-order chi connectivity index (χ0) is 14.3. The normalized spacial score (nSPS) is 17.9. The fourth-order valence-electron chi connectivity index (χ4n) is 1.98. The molecule has 2 aromatic rings. The van der Waals surface area contributed by atoms with Crippen LogP contribution in [0.3, 0.4) is 0 Å². The zero-order valence-electron chi connectivity index (χ0n) is 9.94. The van der Waals surface area contributed by atoms with E-state index in [4.69, 9.17) is 16.3 Å². The summed E-state index contributed by atoms with van der Waals surface area (Å²) in [5, 5.41) is 2.41. The Balaban J connectivity index is 2.04. The van der Waals surface area contributed by atoms with Gasteiger partial charge in [-0.2, -0.15) is 4.39 Å². The first-order valence-electron chi connectivity index (χ1n) is 5.68. The Bertz CT molecular complexity index is 689. The Kier molecular flexibility index (Phi) is 3.06. The fourth-order valence-corrected chi connectivity index (χ4v) is 2.15. The average Bonchev–Trinajstić information content (AvgIpc) is 2.99. The number of nitrogens with one attached hydrogen (secondary N) is 1. The molecule has 0 unspecified atom stereocenters. The largest absolute Gasteiger partial charge is 0.447 e. The Morgan fingerprint density at radius 2 is 2.25 bits per heavy atom. The number of nitrogens with zero attached hydrogens (tertiary/aromatic N) is 2. The van der Waals surface area contributed by atoms with E-state index in [1.54, 1.807) is 0 Å². The molecule has 1 aromatic heterocycles. The molecule has 20 heavy (non-hydrogen) atoms. The van der Waals surface area contributed by atoms with E-state index in [9.17, 15) is 13.6 Å². The Hall–Kier alpha value is -2.15. The number of rotatable bonds is 2. The van der Waals surface area contributed by atoms with Crippen molar-refractivity contribution in [3.8, 4) is 5.69 Å². The second-order valence-corrected chi connectivity index (χ2v) is 4.59. The fraction of sp³-hybridized carbons (Fsp3) is 0.167. The van der Waals surface area contributed by atoms with E-state index in [2.05, 4.69) is 10.3 Å². The lowest BCUT2D eigenvalue weighted by atomic mass is 10.2. The van der Waals surface area contributed by atoms with Gasteiger partial charge in [0.2, 0.25) is 5.95 Å². The van der Waals surface area contributed by atoms with E-state index in [0.717, 1.165) is 6.20 Å². The summed E-state index contributed by atoms with van der Waals surface area (Å²) in [5.74, 6) is -1.05. The van der Waals surface area contributed by atoms with E-state index in [0.29, 0.717) is 5.69 Å². The molecular weight excluding hydrogens is 292 g/mol. The van der Waals surface area contributed by atoms with Crippen molar-refractivity contribution in [2.75, 3.05) is 6.61 Å². The van der Waals surface area contributed by atoms with Crippen LogP contribution in [0, 0.1) is 11.8 Å². The molecule has 1 saturated heterocycles. The minimum Gasteiger partial charge on any atom is -0.447 e. The van der Waals surface area contributed by atoms with E-state index in [-0.39, 0.29) is 17.5 Å². The van der Waals surface area contributed by atoms with Gasteiger partial charge in [-0.05, 0) is 18.2 Å². The summed E-state index contributed by atoms with van der Waals surface area (Å²) in [6, 6.07) is 3.38. The smallest absolute Gasteiger partial charge is 0.407 e. The predicted octanol–water partition coefficient (Wildman–Crippen LogP) is 2.58. The van der Waals surface area contributed by atoms with Crippen molar-refractivity contribution in [1.29, 1.82) is 0 Å². The quantitative estimate of drug-likeness (QED) is 0.927. The van der Waals surface area contributed by atoms with Gasteiger partial charge in [0.05, 0.1) is 11.2 Å². The van der Waals surface area contributed by atoms with Crippen LogP contribution in [0.15, 0.2) is 24.4 Å². The number of cyclic esters (lactones) is 1. The van der Waals surface area contributed by atoms with Crippen molar-refractivity contribution < 1.29 is 18.3 Å². The molecule has 3 rings (SSSR count). The molecule has 1 amide bonds. The van der Waals surface area contributed by atoms with Gasteiger partial charge in [-0.25, -0.2) is 14.2 Å². The van der Waals surface area contributed by atoms with Gasteiger partial charge in [-0.15, -0.1) is 0 Å². The lowest BCUT2D eigenvalue weighted by molar-refractivity contribution is 0.176. The summed E-state index contributed by atoms with van der Waals surface area (Å²) in [4.78, 5) is 14.8. The van der Waals surface area contributed by atoms with Crippen molar-refractivity contribution in [2.24, 2.45) is 0 Å². The summed E-state index contributed by atoms with van der Waals surface area (Å²) in [6.07, 6.45) is 0.533. The Labute approximate surface area is 117 Å². The van der Waals surface area contributed by atoms with Crippen LogP contribution in [0.4, 0.5) is 13.6 Å². The van der Waals surface area contributed by atoms with Crippen LogP contribution in [-0.4, -0.2) is 22.3 Å². The van der Waals surface area contributed by atoms with Gasteiger partial charge in [0.1, 0.15) is 24.3 Å². The number of carbonyl (C=O) groups is 1. The molecule has 8 heteroatoms. The SMILES string of the molecule is O=C1N[C@H](c2nc(F)cn2-c2ccc(F)c(Cl)c2)CO1. The van der Waals surface area contributed by atoms with Gasteiger partial charge in [-0.1, -0.05) is 11.6 Å². The van der Waals surface area contributed by atoms with Crippen molar-refractivity contribution in [1.82, 2.24) is 14.9 Å². The molecule has 1 N–H and O–H groups in total. The number of aromatic nitrogens is 2. The molecular formula is C12H8ClF2N3O2. The van der Waals surface area contributed by atoms with Crippen LogP contribution < -0.4 is 5.32 Å². The highest BCUT2D eigenvalue weighted by Gasteiger charge is 2.29. The van der Waals surface area contributed by atoms with Crippen LogP contribution in [0.1, 0.15) is 11.9 Å². The van der Waals surface area contributed by atoms with Crippen LogP contribution in [0.25, 0.3) is 5.69 Å². The molecule has 2 heterocycles. The number of alkyl carbamates (subject to hydrolysis) is 1. The van der Waals surface area contributed by atoms with Gasteiger partial charge in [0, 0.05) is 5.69 Å². The first-order valence-corrected chi connectivity index (χ1v) is 6.06. The number of ether oxygens (including phenoxy) is 1. The van der Waals surface area contributed by atoms with Crippen LogP contribution in [0.2, 0.25) is 5.02 Å². The highest BCUT2D eigenvalue weighted by atomic mass is 35.5. The standard InChI is InChI=1S/C12H8ClF2N3O2/c13-7-3-6(1-2-8(7)14)18-4-10(15)17-11(18)9-5-20-12(19)16-9/h1-4,9H,5H2,(H,16,19)/t9-/m0/s1. The Morgan fingerprint density at radius 3 is 2.90 bits per heavy atom. The van der Waals surface area contributed by atoms with Gasteiger partial charge in [-0.3, -0.25) is 4.57 Å². The molecule has 0 spiro atoms.